The van der Waals surface area contributed by atoms with Crippen molar-refractivity contribution in [2.45, 2.75) is 38.1 Å². The maximum absolute atomic E-state index is 12.1. The third kappa shape index (κ3) is 3.57. The van der Waals surface area contributed by atoms with Gasteiger partial charge in [-0.25, -0.2) is 13.1 Å². The first kappa shape index (κ1) is 13.7. The average Bonchev–Trinajstić information content (AvgIpc) is 2.04. The fourth-order valence-corrected chi connectivity index (χ4v) is 3.74. The van der Waals surface area contributed by atoms with E-state index >= 15 is 0 Å². The Balaban J connectivity index is 3.22. The van der Waals surface area contributed by atoms with Crippen LogP contribution in [0.3, 0.4) is 0 Å². The zero-order valence-electron chi connectivity index (χ0n) is 9.83. The molecule has 3 nitrogen and oxygen atoms in total. The molecule has 0 unspecified atom stereocenters. The molecule has 0 saturated heterocycles. The summed E-state index contributed by atoms with van der Waals surface area (Å²) < 4.78 is 27.4. The first-order valence-electron chi connectivity index (χ1n) is 4.92. The lowest BCUT2D eigenvalue weighted by molar-refractivity contribution is 0.491. The van der Waals surface area contributed by atoms with Gasteiger partial charge >= 0.3 is 0 Å². The molecular formula is C11H16BrNO2S. The van der Waals surface area contributed by atoms with E-state index in [1.165, 1.54) is 0 Å². The van der Waals surface area contributed by atoms with Gasteiger partial charge < -0.3 is 0 Å². The third-order valence-electron chi connectivity index (χ3n) is 1.82. The highest BCUT2D eigenvalue weighted by atomic mass is 79.9. The lowest BCUT2D eigenvalue weighted by Gasteiger charge is -2.21. The van der Waals surface area contributed by atoms with E-state index in [-0.39, 0.29) is 4.90 Å². The van der Waals surface area contributed by atoms with E-state index in [0.717, 1.165) is 5.56 Å². The van der Waals surface area contributed by atoms with Crippen LogP contribution in [0.15, 0.2) is 27.6 Å². The molecule has 90 valence electrons. The predicted octanol–water partition coefficient (Wildman–Crippen LogP) is 2.83. The molecule has 1 rings (SSSR count). The molecule has 0 aliphatic rings. The molecule has 0 radical (unpaired) electrons. The van der Waals surface area contributed by atoms with Crippen molar-refractivity contribution < 1.29 is 8.42 Å². The molecule has 1 N–H and O–H groups in total. The van der Waals surface area contributed by atoms with Gasteiger partial charge in [0, 0.05) is 10.0 Å². The smallest absolute Gasteiger partial charge is 0.207 e. The van der Waals surface area contributed by atoms with Gasteiger partial charge in [-0.05, 0) is 61.3 Å². The minimum absolute atomic E-state index is 0.280. The topological polar surface area (TPSA) is 46.2 Å². The van der Waals surface area contributed by atoms with Gasteiger partial charge in [-0.3, -0.25) is 0 Å². The number of rotatable bonds is 2. The van der Waals surface area contributed by atoms with Crippen molar-refractivity contribution in [3.8, 4) is 0 Å². The van der Waals surface area contributed by atoms with Crippen LogP contribution in [0.4, 0.5) is 0 Å². The summed E-state index contributed by atoms with van der Waals surface area (Å²) in [5.74, 6) is 0. The number of nitrogens with one attached hydrogen (secondary N) is 1. The van der Waals surface area contributed by atoms with Gasteiger partial charge in [0.15, 0.2) is 0 Å². The lowest BCUT2D eigenvalue weighted by Crippen LogP contribution is -2.40. The van der Waals surface area contributed by atoms with E-state index in [2.05, 4.69) is 20.7 Å². The number of hydrogen-bond donors (Lipinski definition) is 1. The quantitative estimate of drug-likeness (QED) is 0.913. The molecule has 0 atom stereocenters. The summed E-state index contributed by atoms with van der Waals surface area (Å²) in [6.07, 6.45) is 0. The van der Waals surface area contributed by atoms with Crippen LogP contribution in [-0.4, -0.2) is 14.0 Å². The fourth-order valence-electron chi connectivity index (χ4n) is 1.27. The summed E-state index contributed by atoms with van der Waals surface area (Å²) in [5, 5.41) is 0. The Kier molecular flexibility index (Phi) is 3.82. The van der Waals surface area contributed by atoms with E-state index in [0.29, 0.717) is 4.47 Å². The molecule has 0 amide bonds. The van der Waals surface area contributed by atoms with Crippen molar-refractivity contribution in [1.82, 2.24) is 4.72 Å². The Morgan fingerprint density at radius 2 is 1.81 bits per heavy atom. The van der Waals surface area contributed by atoms with Gasteiger partial charge in [-0.1, -0.05) is 6.07 Å². The number of halogens is 1. The maximum atomic E-state index is 12.1. The van der Waals surface area contributed by atoms with Crippen molar-refractivity contribution in [3.63, 3.8) is 0 Å². The summed E-state index contributed by atoms with van der Waals surface area (Å²) in [6, 6.07) is 5.25. The normalized spacial score (nSPS) is 12.8. The van der Waals surface area contributed by atoms with Crippen LogP contribution in [0, 0.1) is 6.92 Å². The van der Waals surface area contributed by atoms with Crippen LogP contribution in [0.1, 0.15) is 26.3 Å². The summed E-state index contributed by atoms with van der Waals surface area (Å²) >= 11 is 3.25. The van der Waals surface area contributed by atoms with E-state index in [4.69, 9.17) is 0 Å². The van der Waals surface area contributed by atoms with E-state index < -0.39 is 15.6 Å². The minimum atomic E-state index is -3.47. The van der Waals surface area contributed by atoms with Crippen molar-refractivity contribution >= 4 is 26.0 Å². The van der Waals surface area contributed by atoms with E-state index in [1.54, 1.807) is 12.1 Å². The molecule has 0 heterocycles. The van der Waals surface area contributed by atoms with Crippen molar-refractivity contribution in [2.75, 3.05) is 0 Å². The fraction of sp³-hybridized carbons (Fsp3) is 0.455. The lowest BCUT2D eigenvalue weighted by atomic mass is 10.1. The van der Waals surface area contributed by atoms with E-state index in [1.807, 2.05) is 33.8 Å². The first-order valence-corrected chi connectivity index (χ1v) is 7.19. The van der Waals surface area contributed by atoms with Crippen molar-refractivity contribution in [3.05, 3.63) is 28.2 Å². The molecule has 5 heteroatoms. The maximum Gasteiger partial charge on any atom is 0.242 e. The molecule has 0 bridgehead atoms. The molecule has 0 fully saturated rings. The largest absolute Gasteiger partial charge is 0.242 e. The summed E-state index contributed by atoms with van der Waals surface area (Å²) in [6.45, 7) is 7.30. The van der Waals surface area contributed by atoms with Crippen LogP contribution < -0.4 is 4.72 Å². The Hall–Kier alpha value is -0.390. The van der Waals surface area contributed by atoms with Crippen molar-refractivity contribution in [2.24, 2.45) is 0 Å². The summed E-state index contributed by atoms with van der Waals surface area (Å²) in [4.78, 5) is 0.280. The van der Waals surface area contributed by atoms with Crippen molar-refractivity contribution in [1.29, 1.82) is 0 Å². The second-order valence-electron chi connectivity index (χ2n) is 4.79. The standard InChI is InChI=1S/C11H16BrNO2S/c1-8-5-6-9(12)10(7-8)16(14,15)13-11(2,3)4/h5-7,13H,1-4H3. The molecule has 0 spiro atoms. The zero-order valence-corrected chi connectivity index (χ0v) is 12.2. The molecule has 16 heavy (non-hydrogen) atoms. The Morgan fingerprint density at radius 1 is 1.25 bits per heavy atom. The number of benzene rings is 1. The van der Waals surface area contributed by atoms with Gasteiger partial charge in [0.25, 0.3) is 0 Å². The van der Waals surface area contributed by atoms with Gasteiger partial charge in [-0.2, -0.15) is 0 Å². The Bertz CT molecular complexity index is 489. The molecule has 1 aromatic rings. The molecule has 1 aromatic carbocycles. The molecular weight excluding hydrogens is 290 g/mol. The molecule has 0 aliphatic heterocycles. The van der Waals surface area contributed by atoms with Gasteiger partial charge in [0.1, 0.15) is 0 Å². The number of aryl methyl sites for hydroxylation is 1. The predicted molar refractivity (Wildman–Crippen MR) is 69.0 cm³/mol. The van der Waals surface area contributed by atoms with Gasteiger partial charge in [0.2, 0.25) is 10.0 Å². The third-order valence-corrected chi connectivity index (χ3v) is 4.57. The molecule has 0 saturated carbocycles. The monoisotopic (exact) mass is 305 g/mol. The summed E-state index contributed by atoms with van der Waals surface area (Å²) in [5.41, 5.74) is 0.430. The number of sulfonamides is 1. The molecule has 0 aromatic heterocycles. The highest BCUT2D eigenvalue weighted by Gasteiger charge is 2.23. The van der Waals surface area contributed by atoms with Gasteiger partial charge in [-0.15, -0.1) is 0 Å². The van der Waals surface area contributed by atoms with Crippen LogP contribution in [0.2, 0.25) is 0 Å². The van der Waals surface area contributed by atoms with Crippen LogP contribution in [0.5, 0.6) is 0 Å². The Labute approximate surface area is 105 Å². The second-order valence-corrected chi connectivity index (χ2v) is 7.29. The number of hydrogen-bond acceptors (Lipinski definition) is 2. The average molecular weight is 306 g/mol. The van der Waals surface area contributed by atoms with Crippen LogP contribution >= 0.6 is 15.9 Å². The first-order chi connectivity index (χ1) is 7.12. The second kappa shape index (κ2) is 4.47. The minimum Gasteiger partial charge on any atom is -0.207 e. The SMILES string of the molecule is Cc1ccc(Br)c(S(=O)(=O)NC(C)(C)C)c1. The highest BCUT2D eigenvalue weighted by Crippen LogP contribution is 2.23. The van der Waals surface area contributed by atoms with Gasteiger partial charge in [0.05, 0.1) is 4.90 Å². The Morgan fingerprint density at radius 3 is 2.31 bits per heavy atom. The van der Waals surface area contributed by atoms with E-state index in [9.17, 15) is 8.42 Å². The molecule has 0 aliphatic carbocycles. The van der Waals surface area contributed by atoms with Crippen LogP contribution in [-0.2, 0) is 10.0 Å². The van der Waals surface area contributed by atoms with Crippen LogP contribution in [0.25, 0.3) is 0 Å². The zero-order chi connectivity index (χ0) is 12.6. The highest BCUT2D eigenvalue weighted by molar-refractivity contribution is 9.10. The summed E-state index contributed by atoms with van der Waals surface area (Å²) in [7, 11) is -3.47.